The summed E-state index contributed by atoms with van der Waals surface area (Å²) >= 11 is 0. The third-order valence-corrected chi connectivity index (χ3v) is 6.20. The van der Waals surface area contributed by atoms with E-state index in [1.54, 1.807) is 14.2 Å². The van der Waals surface area contributed by atoms with E-state index in [1.807, 2.05) is 51.9 Å². The molecule has 32 heavy (non-hydrogen) atoms. The average Bonchev–Trinajstić information content (AvgIpc) is 3.26. The van der Waals surface area contributed by atoms with Crippen molar-refractivity contribution in [1.82, 2.24) is 24.8 Å². The van der Waals surface area contributed by atoms with Gasteiger partial charge in [0.25, 0.3) is 0 Å². The van der Waals surface area contributed by atoms with Crippen LogP contribution in [0.25, 0.3) is 5.65 Å². The fourth-order valence-corrected chi connectivity index (χ4v) is 4.38. The number of aromatic nitrogens is 3. The number of piperidine rings is 1. The largest absolute Gasteiger partial charge is 0.493 e. The van der Waals surface area contributed by atoms with Crippen LogP contribution in [-0.4, -0.2) is 52.8 Å². The van der Waals surface area contributed by atoms with Gasteiger partial charge in [0, 0.05) is 25.2 Å². The lowest BCUT2D eigenvalue weighted by atomic mass is 9.95. The highest BCUT2D eigenvalue weighted by Gasteiger charge is 2.29. The standard InChI is InChI=1S/C24H31N5O3/c1-16(2)22(18-8-9-19(31-3)20(15-18)32-4)25-24(30)28-13-10-17(11-14-28)23-27-26-21-7-5-6-12-29(21)23/h5-9,12,15-17,22H,10-11,13-14H2,1-4H3,(H,25,30). The van der Waals surface area contributed by atoms with E-state index in [1.165, 1.54) is 0 Å². The topological polar surface area (TPSA) is 81.0 Å². The number of pyridine rings is 1. The maximum absolute atomic E-state index is 13.1. The number of carbonyl (C=O) groups is 1. The molecule has 2 aromatic heterocycles. The first kappa shape index (κ1) is 21.9. The summed E-state index contributed by atoms with van der Waals surface area (Å²) in [5.74, 6) is 2.82. The molecule has 1 aliphatic heterocycles. The van der Waals surface area contributed by atoms with Crippen LogP contribution in [0.1, 0.15) is 50.0 Å². The van der Waals surface area contributed by atoms with Gasteiger partial charge in [0.05, 0.1) is 20.3 Å². The second-order valence-electron chi connectivity index (χ2n) is 8.53. The first-order chi connectivity index (χ1) is 15.5. The van der Waals surface area contributed by atoms with Gasteiger partial charge in [-0.25, -0.2) is 4.79 Å². The maximum Gasteiger partial charge on any atom is 0.317 e. The summed E-state index contributed by atoms with van der Waals surface area (Å²) < 4.78 is 12.8. The van der Waals surface area contributed by atoms with E-state index in [9.17, 15) is 4.79 Å². The first-order valence-corrected chi connectivity index (χ1v) is 11.1. The monoisotopic (exact) mass is 437 g/mol. The number of fused-ring (bicyclic) bond motifs is 1. The zero-order valence-electron chi connectivity index (χ0n) is 19.1. The van der Waals surface area contributed by atoms with Crippen LogP contribution in [0, 0.1) is 5.92 Å². The van der Waals surface area contributed by atoms with Crippen molar-refractivity contribution in [2.24, 2.45) is 5.92 Å². The molecule has 1 aromatic carbocycles. The van der Waals surface area contributed by atoms with Crippen LogP contribution in [0.4, 0.5) is 4.79 Å². The van der Waals surface area contributed by atoms with Crippen molar-refractivity contribution in [2.75, 3.05) is 27.3 Å². The molecule has 0 radical (unpaired) electrons. The van der Waals surface area contributed by atoms with Crippen molar-refractivity contribution in [3.8, 4) is 11.5 Å². The predicted octanol–water partition coefficient (Wildman–Crippen LogP) is 4.03. The maximum atomic E-state index is 13.1. The summed E-state index contributed by atoms with van der Waals surface area (Å²) in [6, 6.07) is 11.5. The van der Waals surface area contributed by atoms with Crippen molar-refractivity contribution < 1.29 is 14.3 Å². The molecule has 170 valence electrons. The van der Waals surface area contributed by atoms with Crippen LogP contribution in [0.3, 0.4) is 0 Å². The minimum Gasteiger partial charge on any atom is -0.493 e. The molecule has 8 nitrogen and oxygen atoms in total. The van der Waals surface area contributed by atoms with Gasteiger partial charge in [-0.3, -0.25) is 4.40 Å². The van der Waals surface area contributed by atoms with Gasteiger partial charge in [-0.15, -0.1) is 10.2 Å². The number of rotatable bonds is 6. The molecule has 1 N–H and O–H groups in total. The van der Waals surface area contributed by atoms with E-state index >= 15 is 0 Å². The summed E-state index contributed by atoms with van der Waals surface area (Å²) in [6.07, 6.45) is 3.73. The second-order valence-corrected chi connectivity index (χ2v) is 8.53. The Labute approximate surface area is 188 Å². The first-order valence-electron chi connectivity index (χ1n) is 11.1. The van der Waals surface area contributed by atoms with Crippen molar-refractivity contribution in [3.05, 3.63) is 54.0 Å². The molecule has 1 unspecified atom stereocenters. The molecule has 1 aliphatic rings. The van der Waals surface area contributed by atoms with Crippen molar-refractivity contribution in [3.63, 3.8) is 0 Å². The molecule has 8 heteroatoms. The summed E-state index contributed by atoms with van der Waals surface area (Å²) in [7, 11) is 3.23. The highest BCUT2D eigenvalue weighted by atomic mass is 16.5. The third-order valence-electron chi connectivity index (χ3n) is 6.20. The molecule has 0 spiro atoms. The van der Waals surface area contributed by atoms with Gasteiger partial charge in [0.2, 0.25) is 0 Å². The van der Waals surface area contributed by atoms with Gasteiger partial charge in [-0.05, 0) is 48.6 Å². The molecule has 1 saturated heterocycles. The highest BCUT2D eigenvalue weighted by molar-refractivity contribution is 5.75. The SMILES string of the molecule is COc1ccc(C(NC(=O)N2CCC(c3nnc4ccccn34)CC2)C(C)C)cc1OC. The lowest BCUT2D eigenvalue weighted by Gasteiger charge is -2.33. The molecular formula is C24H31N5O3. The number of likely N-dealkylation sites (tertiary alicyclic amines) is 1. The normalized spacial score (nSPS) is 15.7. The molecule has 4 rings (SSSR count). The number of benzene rings is 1. The van der Waals surface area contributed by atoms with Gasteiger partial charge in [0.15, 0.2) is 17.1 Å². The lowest BCUT2D eigenvalue weighted by molar-refractivity contribution is 0.173. The summed E-state index contributed by atoms with van der Waals surface area (Å²) in [5.41, 5.74) is 1.85. The molecule has 2 amide bonds. The van der Waals surface area contributed by atoms with Gasteiger partial charge < -0.3 is 19.7 Å². The number of hydrogen-bond donors (Lipinski definition) is 1. The minimum absolute atomic E-state index is 0.0389. The van der Waals surface area contributed by atoms with Crippen LogP contribution in [0.5, 0.6) is 11.5 Å². The van der Waals surface area contributed by atoms with Gasteiger partial charge in [-0.1, -0.05) is 26.0 Å². The number of amides is 2. The van der Waals surface area contributed by atoms with E-state index in [-0.39, 0.29) is 18.0 Å². The lowest BCUT2D eigenvalue weighted by Crippen LogP contribution is -2.46. The quantitative estimate of drug-likeness (QED) is 0.630. The van der Waals surface area contributed by atoms with E-state index in [0.717, 1.165) is 29.9 Å². The number of nitrogens with one attached hydrogen (secondary N) is 1. The Morgan fingerprint density at radius 1 is 1.06 bits per heavy atom. The van der Waals surface area contributed by atoms with E-state index < -0.39 is 0 Å². The van der Waals surface area contributed by atoms with Crippen molar-refractivity contribution >= 4 is 11.7 Å². The van der Waals surface area contributed by atoms with Crippen LogP contribution in [0.2, 0.25) is 0 Å². The number of carbonyl (C=O) groups excluding carboxylic acids is 1. The minimum atomic E-state index is -0.125. The van der Waals surface area contributed by atoms with E-state index in [2.05, 4.69) is 29.4 Å². The molecule has 0 bridgehead atoms. The molecule has 3 aromatic rings. The predicted molar refractivity (Wildman–Crippen MR) is 122 cm³/mol. The Kier molecular flexibility index (Phi) is 6.48. The zero-order valence-corrected chi connectivity index (χ0v) is 19.1. The molecule has 1 atom stereocenters. The smallest absolute Gasteiger partial charge is 0.317 e. The van der Waals surface area contributed by atoms with E-state index in [4.69, 9.17) is 9.47 Å². The third kappa shape index (κ3) is 4.35. The van der Waals surface area contributed by atoms with Crippen LogP contribution in [-0.2, 0) is 0 Å². The Morgan fingerprint density at radius 2 is 1.81 bits per heavy atom. The summed E-state index contributed by atoms with van der Waals surface area (Å²) in [5, 5.41) is 11.9. The molecule has 0 aliphatic carbocycles. The van der Waals surface area contributed by atoms with Gasteiger partial charge in [-0.2, -0.15) is 0 Å². The Morgan fingerprint density at radius 3 is 2.50 bits per heavy atom. The highest BCUT2D eigenvalue weighted by Crippen LogP contribution is 2.33. The van der Waals surface area contributed by atoms with E-state index in [0.29, 0.717) is 30.5 Å². The number of hydrogen-bond acceptors (Lipinski definition) is 5. The van der Waals surface area contributed by atoms with Crippen LogP contribution in [0.15, 0.2) is 42.6 Å². The molecule has 3 heterocycles. The fraction of sp³-hybridized carbons (Fsp3) is 0.458. The zero-order chi connectivity index (χ0) is 22.7. The summed E-state index contributed by atoms with van der Waals surface area (Å²) in [4.78, 5) is 15.0. The van der Waals surface area contributed by atoms with Crippen LogP contribution >= 0.6 is 0 Å². The van der Waals surface area contributed by atoms with Gasteiger partial charge in [0.1, 0.15) is 5.82 Å². The molecule has 0 saturated carbocycles. The number of ether oxygens (including phenoxy) is 2. The average molecular weight is 438 g/mol. The van der Waals surface area contributed by atoms with Crippen LogP contribution < -0.4 is 14.8 Å². The molecule has 1 fully saturated rings. The number of urea groups is 1. The van der Waals surface area contributed by atoms with Crippen molar-refractivity contribution in [2.45, 2.75) is 38.6 Å². The van der Waals surface area contributed by atoms with Gasteiger partial charge >= 0.3 is 6.03 Å². The number of methoxy groups -OCH3 is 2. The Balaban J connectivity index is 1.42. The Bertz CT molecular complexity index is 1070. The molecular weight excluding hydrogens is 406 g/mol. The number of nitrogens with zero attached hydrogens (tertiary/aromatic N) is 4. The van der Waals surface area contributed by atoms with Crippen molar-refractivity contribution in [1.29, 1.82) is 0 Å². The second kappa shape index (κ2) is 9.46. The Hall–Kier alpha value is -3.29. The fourth-order valence-electron chi connectivity index (χ4n) is 4.38. The summed E-state index contributed by atoms with van der Waals surface area (Å²) in [6.45, 7) is 5.58.